The Morgan fingerprint density at radius 3 is 2.59 bits per heavy atom. The summed E-state index contributed by atoms with van der Waals surface area (Å²) in [5.41, 5.74) is 5.70. The van der Waals surface area contributed by atoms with Crippen LogP contribution >= 0.6 is 0 Å². The number of anilines is 1. The number of carboxylic acids is 1. The van der Waals surface area contributed by atoms with Gasteiger partial charge < -0.3 is 15.2 Å². The summed E-state index contributed by atoms with van der Waals surface area (Å²) in [5, 5.41) is 9.10. The van der Waals surface area contributed by atoms with Crippen LogP contribution in [0.15, 0.2) is 29.3 Å². The average Bonchev–Trinajstić information content (AvgIpc) is 2.52. The molecule has 0 spiro atoms. The minimum Gasteiger partial charge on any atom is -0.477 e. The van der Waals surface area contributed by atoms with E-state index in [1.807, 2.05) is 0 Å². The Labute approximate surface area is 97.2 Å². The molecule has 2 aromatic heterocycles. The number of hydrogen-bond donors (Lipinski definition) is 2. The van der Waals surface area contributed by atoms with Crippen LogP contribution in [0.2, 0.25) is 0 Å². The number of aromatic carboxylic acids is 1. The molecule has 0 amide bonds. The lowest BCUT2D eigenvalue weighted by molar-refractivity contribution is 0.0685. The van der Waals surface area contributed by atoms with Crippen molar-refractivity contribution in [3.05, 3.63) is 30.1 Å². The van der Waals surface area contributed by atoms with Crippen molar-refractivity contribution in [1.82, 2.24) is 4.40 Å². The van der Waals surface area contributed by atoms with Crippen LogP contribution in [0.5, 0.6) is 0 Å². The van der Waals surface area contributed by atoms with Gasteiger partial charge in [0, 0.05) is 12.5 Å². The second-order valence-electron chi connectivity index (χ2n) is 3.62. The second kappa shape index (κ2) is 3.49. The standard InChI is InChI=1S/C10H10N2O4S/c1-17(15,16)9-7(11)6-4-2-3-5-12(6)8(9)10(13)14/h2-5H,11H2,1H3,(H,13,14). The van der Waals surface area contributed by atoms with Gasteiger partial charge in [0.2, 0.25) is 0 Å². The quantitative estimate of drug-likeness (QED) is 0.818. The molecule has 0 aromatic carbocycles. The number of nitrogens with zero attached hydrogens (tertiary/aromatic N) is 1. The van der Waals surface area contributed by atoms with E-state index in [1.54, 1.807) is 18.2 Å². The molecule has 2 rings (SSSR count). The highest BCUT2D eigenvalue weighted by atomic mass is 32.2. The first-order valence-electron chi connectivity index (χ1n) is 4.66. The summed E-state index contributed by atoms with van der Waals surface area (Å²) in [6.07, 6.45) is 2.40. The average molecular weight is 254 g/mol. The van der Waals surface area contributed by atoms with Crippen LogP contribution in [0.3, 0.4) is 0 Å². The van der Waals surface area contributed by atoms with Gasteiger partial charge in [-0.15, -0.1) is 0 Å². The molecule has 3 N–H and O–H groups in total. The Bertz CT molecular complexity index is 715. The van der Waals surface area contributed by atoms with Crippen molar-refractivity contribution in [2.24, 2.45) is 0 Å². The molecule has 0 fully saturated rings. The molecule has 7 heteroatoms. The third-order valence-corrected chi connectivity index (χ3v) is 3.56. The molecule has 17 heavy (non-hydrogen) atoms. The first kappa shape index (κ1) is 11.5. The minimum absolute atomic E-state index is 0.0366. The lowest BCUT2D eigenvalue weighted by atomic mass is 10.3. The third kappa shape index (κ3) is 1.64. The van der Waals surface area contributed by atoms with E-state index < -0.39 is 15.8 Å². The molecule has 2 aromatic rings. The van der Waals surface area contributed by atoms with Gasteiger partial charge in [-0.05, 0) is 12.1 Å². The minimum atomic E-state index is -3.70. The summed E-state index contributed by atoms with van der Waals surface area (Å²) in [6, 6.07) is 4.82. The van der Waals surface area contributed by atoms with Gasteiger partial charge in [0.1, 0.15) is 4.90 Å². The summed E-state index contributed by atoms with van der Waals surface area (Å²) in [7, 11) is -3.70. The lowest BCUT2D eigenvalue weighted by Crippen LogP contribution is -2.09. The maximum atomic E-state index is 11.6. The van der Waals surface area contributed by atoms with E-state index in [4.69, 9.17) is 10.8 Å². The molecule has 0 aliphatic heterocycles. The Morgan fingerprint density at radius 2 is 2.06 bits per heavy atom. The molecular formula is C10H10N2O4S. The van der Waals surface area contributed by atoms with E-state index in [0.29, 0.717) is 5.52 Å². The lowest BCUT2D eigenvalue weighted by Gasteiger charge is -1.99. The molecule has 0 radical (unpaired) electrons. The summed E-state index contributed by atoms with van der Waals surface area (Å²) in [4.78, 5) is 10.8. The maximum Gasteiger partial charge on any atom is 0.354 e. The van der Waals surface area contributed by atoms with Gasteiger partial charge in [-0.3, -0.25) is 0 Å². The molecule has 90 valence electrons. The van der Waals surface area contributed by atoms with Crippen molar-refractivity contribution in [2.75, 3.05) is 12.0 Å². The zero-order valence-electron chi connectivity index (χ0n) is 8.91. The Kier molecular flexibility index (Phi) is 2.35. The van der Waals surface area contributed by atoms with Crippen LogP contribution in [-0.4, -0.2) is 30.2 Å². The van der Waals surface area contributed by atoms with Gasteiger partial charge in [0.05, 0.1) is 11.2 Å². The normalized spacial score (nSPS) is 11.8. The van der Waals surface area contributed by atoms with Crippen LogP contribution in [0.4, 0.5) is 5.69 Å². The van der Waals surface area contributed by atoms with Crippen molar-refractivity contribution in [3.63, 3.8) is 0 Å². The first-order chi connectivity index (χ1) is 7.84. The Hall–Kier alpha value is -2.02. The molecule has 0 unspecified atom stereocenters. The van der Waals surface area contributed by atoms with E-state index >= 15 is 0 Å². The van der Waals surface area contributed by atoms with Gasteiger partial charge in [0.15, 0.2) is 15.5 Å². The molecule has 0 saturated carbocycles. The fourth-order valence-electron chi connectivity index (χ4n) is 1.79. The zero-order valence-corrected chi connectivity index (χ0v) is 9.73. The van der Waals surface area contributed by atoms with E-state index in [9.17, 15) is 13.2 Å². The first-order valence-corrected chi connectivity index (χ1v) is 6.55. The summed E-state index contributed by atoms with van der Waals surface area (Å²) < 4.78 is 24.4. The molecule has 2 heterocycles. The Morgan fingerprint density at radius 1 is 1.41 bits per heavy atom. The predicted molar refractivity (Wildman–Crippen MR) is 61.9 cm³/mol. The van der Waals surface area contributed by atoms with E-state index in [-0.39, 0.29) is 16.3 Å². The molecule has 0 saturated heterocycles. The van der Waals surface area contributed by atoms with Crippen molar-refractivity contribution < 1.29 is 18.3 Å². The monoisotopic (exact) mass is 254 g/mol. The third-order valence-electron chi connectivity index (χ3n) is 2.41. The zero-order chi connectivity index (χ0) is 12.8. The highest BCUT2D eigenvalue weighted by molar-refractivity contribution is 7.91. The smallest absolute Gasteiger partial charge is 0.354 e. The molecule has 0 aliphatic rings. The predicted octanol–water partition coefficient (Wildman–Crippen LogP) is 0.623. The van der Waals surface area contributed by atoms with Crippen LogP contribution in [0.25, 0.3) is 5.52 Å². The molecule has 0 atom stereocenters. The van der Waals surface area contributed by atoms with Crippen molar-refractivity contribution in [1.29, 1.82) is 0 Å². The number of nitrogen functional groups attached to an aromatic ring is 1. The van der Waals surface area contributed by atoms with Crippen LogP contribution in [0, 0.1) is 0 Å². The van der Waals surface area contributed by atoms with Crippen LogP contribution in [-0.2, 0) is 9.84 Å². The largest absolute Gasteiger partial charge is 0.477 e. The molecule has 0 bridgehead atoms. The van der Waals surface area contributed by atoms with Crippen LogP contribution in [0.1, 0.15) is 10.5 Å². The number of nitrogens with two attached hydrogens (primary N) is 1. The van der Waals surface area contributed by atoms with Gasteiger partial charge in [-0.25, -0.2) is 13.2 Å². The molecule has 0 aliphatic carbocycles. The van der Waals surface area contributed by atoms with Crippen molar-refractivity contribution >= 4 is 27.0 Å². The number of carboxylic acid groups (broad SMARTS) is 1. The van der Waals surface area contributed by atoms with E-state index in [1.165, 1.54) is 10.6 Å². The van der Waals surface area contributed by atoms with Gasteiger partial charge in [0.25, 0.3) is 0 Å². The maximum absolute atomic E-state index is 11.6. The van der Waals surface area contributed by atoms with Gasteiger partial charge in [-0.1, -0.05) is 6.07 Å². The number of aromatic nitrogens is 1. The fraction of sp³-hybridized carbons (Fsp3) is 0.100. The number of pyridine rings is 1. The summed E-state index contributed by atoms with van der Waals surface area (Å²) in [5.74, 6) is -1.33. The Balaban J connectivity index is 3.07. The highest BCUT2D eigenvalue weighted by Crippen LogP contribution is 2.30. The highest BCUT2D eigenvalue weighted by Gasteiger charge is 2.27. The number of rotatable bonds is 2. The second-order valence-corrected chi connectivity index (χ2v) is 5.58. The SMILES string of the molecule is CS(=O)(=O)c1c(N)c2ccccn2c1C(=O)O. The number of carbonyl (C=O) groups is 1. The van der Waals surface area contributed by atoms with Crippen LogP contribution < -0.4 is 5.73 Å². The van der Waals surface area contributed by atoms with Gasteiger partial charge >= 0.3 is 5.97 Å². The molecule has 6 nitrogen and oxygen atoms in total. The summed E-state index contributed by atoms with van der Waals surface area (Å²) in [6.45, 7) is 0. The summed E-state index contributed by atoms with van der Waals surface area (Å²) >= 11 is 0. The van der Waals surface area contributed by atoms with E-state index in [2.05, 4.69) is 0 Å². The fourth-order valence-corrected chi connectivity index (χ4v) is 2.83. The van der Waals surface area contributed by atoms with E-state index in [0.717, 1.165) is 6.26 Å². The number of hydrogen-bond acceptors (Lipinski definition) is 4. The van der Waals surface area contributed by atoms with Crippen molar-refractivity contribution in [3.8, 4) is 0 Å². The van der Waals surface area contributed by atoms with Crippen molar-refractivity contribution in [2.45, 2.75) is 4.90 Å². The van der Waals surface area contributed by atoms with Gasteiger partial charge in [-0.2, -0.15) is 0 Å². The topological polar surface area (TPSA) is 102 Å². The number of fused-ring (bicyclic) bond motifs is 1. The number of sulfone groups is 1. The molecular weight excluding hydrogens is 244 g/mol.